The molecular formula is C30H28N4O6S. The van der Waals surface area contributed by atoms with E-state index in [2.05, 4.69) is 15.3 Å². The number of thiazole rings is 1. The summed E-state index contributed by atoms with van der Waals surface area (Å²) in [5.41, 5.74) is 1.18. The van der Waals surface area contributed by atoms with Crippen LogP contribution in [0.1, 0.15) is 58.4 Å². The van der Waals surface area contributed by atoms with Gasteiger partial charge in [-0.1, -0.05) is 23.5 Å². The van der Waals surface area contributed by atoms with Gasteiger partial charge in [-0.25, -0.2) is 9.97 Å². The number of hydrogen-bond donors (Lipinski definition) is 1. The van der Waals surface area contributed by atoms with Crippen LogP contribution in [0, 0.1) is 0 Å². The highest BCUT2D eigenvalue weighted by Crippen LogP contribution is 2.32. The molecule has 0 spiro atoms. The molecule has 2 aromatic carbocycles. The molecule has 2 aromatic heterocycles. The maximum atomic E-state index is 13.2. The third-order valence-electron chi connectivity index (χ3n) is 6.01. The third-order valence-corrected chi connectivity index (χ3v) is 6.80. The van der Waals surface area contributed by atoms with E-state index in [1.54, 1.807) is 59.5 Å². The van der Waals surface area contributed by atoms with Crippen LogP contribution >= 0.6 is 11.3 Å². The zero-order valence-electron chi connectivity index (χ0n) is 22.7. The van der Waals surface area contributed by atoms with E-state index in [4.69, 9.17) is 14.2 Å². The van der Waals surface area contributed by atoms with Crippen molar-refractivity contribution in [2.24, 2.45) is 0 Å². The summed E-state index contributed by atoms with van der Waals surface area (Å²) in [5, 5.41) is 3.56. The van der Waals surface area contributed by atoms with E-state index in [1.807, 2.05) is 13.8 Å². The lowest BCUT2D eigenvalue weighted by Crippen LogP contribution is -2.42. The lowest BCUT2D eigenvalue weighted by molar-refractivity contribution is 0.0645. The normalized spacial score (nSPS) is 12.4. The average Bonchev–Trinajstić information content (AvgIpc) is 3.34. The van der Waals surface area contributed by atoms with Crippen LogP contribution in [-0.2, 0) is 0 Å². The van der Waals surface area contributed by atoms with E-state index in [1.165, 1.54) is 19.3 Å². The SMILES string of the molecule is CC(=O)c1cccc(Oc2cnc(NC(=O)c3cc(Oc4ccc(C(=O)N5CCC5)nc4)cc(OC(C)C)c3)s2)c1. The van der Waals surface area contributed by atoms with Crippen LogP contribution in [0.5, 0.6) is 28.1 Å². The first-order chi connectivity index (χ1) is 19.7. The van der Waals surface area contributed by atoms with Gasteiger partial charge in [0.25, 0.3) is 11.8 Å². The Morgan fingerprint density at radius 1 is 0.878 bits per heavy atom. The fraction of sp³-hybridized carbons (Fsp3) is 0.233. The number of anilines is 1. The van der Waals surface area contributed by atoms with Gasteiger partial charge in [0.1, 0.15) is 28.7 Å². The van der Waals surface area contributed by atoms with Crippen LogP contribution in [0.25, 0.3) is 0 Å². The number of carbonyl (C=O) groups excluding carboxylic acids is 3. The van der Waals surface area contributed by atoms with Crippen molar-refractivity contribution in [2.75, 3.05) is 18.4 Å². The first kappa shape index (κ1) is 27.8. The average molecular weight is 573 g/mol. The smallest absolute Gasteiger partial charge is 0.272 e. The van der Waals surface area contributed by atoms with Crippen LogP contribution < -0.4 is 19.5 Å². The van der Waals surface area contributed by atoms with E-state index in [9.17, 15) is 14.4 Å². The molecule has 1 aliphatic heterocycles. The summed E-state index contributed by atoms with van der Waals surface area (Å²) in [4.78, 5) is 47.4. The molecule has 10 nitrogen and oxygen atoms in total. The van der Waals surface area contributed by atoms with Crippen LogP contribution in [0.2, 0.25) is 0 Å². The summed E-state index contributed by atoms with van der Waals surface area (Å²) in [6, 6.07) is 15.0. The van der Waals surface area contributed by atoms with Gasteiger partial charge in [0, 0.05) is 30.3 Å². The molecule has 41 heavy (non-hydrogen) atoms. The maximum Gasteiger partial charge on any atom is 0.272 e. The van der Waals surface area contributed by atoms with Crippen molar-refractivity contribution in [3.05, 3.63) is 83.8 Å². The molecule has 0 bridgehead atoms. The second kappa shape index (κ2) is 12.2. The maximum absolute atomic E-state index is 13.2. The highest BCUT2D eigenvalue weighted by atomic mass is 32.1. The van der Waals surface area contributed by atoms with E-state index < -0.39 is 5.91 Å². The number of rotatable bonds is 10. The Kier molecular flexibility index (Phi) is 8.25. The first-order valence-corrected chi connectivity index (χ1v) is 13.9. The van der Waals surface area contributed by atoms with Crippen molar-refractivity contribution < 1.29 is 28.6 Å². The van der Waals surface area contributed by atoms with E-state index in [0.29, 0.717) is 50.0 Å². The molecule has 2 amide bonds. The monoisotopic (exact) mass is 572 g/mol. The molecule has 0 unspecified atom stereocenters. The molecule has 5 rings (SSSR count). The Morgan fingerprint density at radius 3 is 2.34 bits per heavy atom. The van der Waals surface area contributed by atoms with Crippen molar-refractivity contribution in [3.8, 4) is 28.1 Å². The van der Waals surface area contributed by atoms with Gasteiger partial charge in [-0.15, -0.1) is 0 Å². The lowest BCUT2D eigenvalue weighted by Gasteiger charge is -2.30. The molecular weight excluding hydrogens is 544 g/mol. The van der Waals surface area contributed by atoms with Crippen LogP contribution in [0.4, 0.5) is 5.13 Å². The Hall–Kier alpha value is -4.77. The van der Waals surface area contributed by atoms with E-state index in [0.717, 1.165) is 30.8 Å². The number of amides is 2. The summed E-state index contributed by atoms with van der Waals surface area (Å²) < 4.78 is 17.6. The second-order valence-electron chi connectivity index (χ2n) is 9.61. The first-order valence-electron chi connectivity index (χ1n) is 13.0. The fourth-order valence-electron chi connectivity index (χ4n) is 3.91. The summed E-state index contributed by atoms with van der Waals surface area (Å²) in [6.45, 7) is 6.75. The number of ketones is 1. The molecule has 0 atom stereocenters. The minimum absolute atomic E-state index is 0.0646. The van der Waals surface area contributed by atoms with Crippen molar-refractivity contribution in [1.82, 2.24) is 14.9 Å². The quantitative estimate of drug-likeness (QED) is 0.223. The zero-order chi connectivity index (χ0) is 28.9. The van der Waals surface area contributed by atoms with E-state index in [-0.39, 0.29) is 17.8 Å². The number of hydrogen-bond acceptors (Lipinski definition) is 9. The third kappa shape index (κ3) is 7.06. The van der Waals surface area contributed by atoms with Crippen LogP contribution in [0.3, 0.4) is 0 Å². The molecule has 0 saturated carbocycles. The molecule has 1 fully saturated rings. The largest absolute Gasteiger partial charge is 0.491 e. The van der Waals surface area contributed by atoms with Gasteiger partial charge in [-0.2, -0.15) is 0 Å². The predicted octanol–water partition coefficient (Wildman–Crippen LogP) is 6.21. The number of aromatic nitrogens is 2. The molecule has 3 heterocycles. The number of likely N-dealkylation sites (tertiary alicyclic amines) is 1. The second-order valence-corrected chi connectivity index (χ2v) is 10.6. The molecule has 1 saturated heterocycles. The number of benzene rings is 2. The fourth-order valence-corrected chi connectivity index (χ4v) is 4.60. The van der Waals surface area contributed by atoms with Gasteiger partial charge in [0.2, 0.25) is 5.06 Å². The minimum Gasteiger partial charge on any atom is -0.491 e. The van der Waals surface area contributed by atoms with Gasteiger partial charge >= 0.3 is 0 Å². The van der Waals surface area contributed by atoms with Crippen LogP contribution in [-0.4, -0.2) is 51.7 Å². The Balaban J connectivity index is 1.29. The van der Waals surface area contributed by atoms with Crippen molar-refractivity contribution >= 4 is 34.1 Å². The van der Waals surface area contributed by atoms with Crippen molar-refractivity contribution in [2.45, 2.75) is 33.3 Å². The molecule has 0 radical (unpaired) electrons. The standard InChI is InChI=1S/C30H28N4O6S/c1-18(2)38-24-13-21(14-25(15-24)39-23-8-9-26(31-16-23)29(37)34-10-5-11-34)28(36)33-30-32-17-27(41-30)40-22-7-4-6-20(12-22)19(3)35/h4,6-9,12-18H,5,10-11H2,1-3H3,(H,32,33,36). The number of nitrogens with one attached hydrogen (secondary N) is 1. The number of Topliss-reactive ketones (excluding diaryl/α,β-unsaturated/α-hetero) is 1. The Labute approximate surface area is 240 Å². The highest BCUT2D eigenvalue weighted by molar-refractivity contribution is 7.17. The van der Waals surface area contributed by atoms with Gasteiger partial charge in [0.05, 0.1) is 18.5 Å². The number of carbonyl (C=O) groups is 3. The molecule has 1 N–H and O–H groups in total. The predicted molar refractivity (Wildman–Crippen MR) is 154 cm³/mol. The Bertz CT molecular complexity index is 1580. The number of nitrogens with zero attached hydrogens (tertiary/aromatic N) is 3. The van der Waals surface area contributed by atoms with Crippen LogP contribution in [0.15, 0.2) is 67.0 Å². The minimum atomic E-state index is -0.419. The van der Waals surface area contributed by atoms with Gasteiger partial charge < -0.3 is 19.1 Å². The summed E-state index contributed by atoms with van der Waals surface area (Å²) >= 11 is 1.15. The van der Waals surface area contributed by atoms with Gasteiger partial charge in [0.15, 0.2) is 10.9 Å². The van der Waals surface area contributed by atoms with Crippen molar-refractivity contribution in [1.29, 1.82) is 0 Å². The Morgan fingerprint density at radius 2 is 1.66 bits per heavy atom. The summed E-state index contributed by atoms with van der Waals surface area (Å²) in [6.07, 6.45) is 3.85. The molecule has 210 valence electrons. The summed E-state index contributed by atoms with van der Waals surface area (Å²) in [5.74, 6) is 1.14. The molecule has 4 aromatic rings. The number of ether oxygens (including phenoxy) is 3. The molecule has 0 aliphatic carbocycles. The molecule has 1 aliphatic rings. The van der Waals surface area contributed by atoms with Gasteiger partial charge in [-0.3, -0.25) is 19.7 Å². The zero-order valence-corrected chi connectivity index (χ0v) is 23.6. The lowest BCUT2D eigenvalue weighted by atomic mass is 10.1. The topological polar surface area (TPSA) is 120 Å². The molecule has 11 heteroatoms. The van der Waals surface area contributed by atoms with E-state index >= 15 is 0 Å². The number of pyridine rings is 1. The van der Waals surface area contributed by atoms with Crippen molar-refractivity contribution in [3.63, 3.8) is 0 Å². The summed E-state index contributed by atoms with van der Waals surface area (Å²) in [7, 11) is 0. The van der Waals surface area contributed by atoms with Gasteiger partial charge in [-0.05, 0) is 63.6 Å². The highest BCUT2D eigenvalue weighted by Gasteiger charge is 2.22.